The number of hydrogen-bond acceptors (Lipinski definition) is 8. The largest absolute Gasteiger partial charge is 0.488 e. The maximum atomic E-state index is 12.0. The summed E-state index contributed by atoms with van der Waals surface area (Å²) < 4.78 is 16.7. The Hall–Kier alpha value is -2.87. The Morgan fingerprint density at radius 1 is 1.35 bits per heavy atom. The molecule has 0 unspecified atom stereocenters. The number of aromatic nitrogens is 1. The lowest BCUT2D eigenvalue weighted by atomic mass is 10.2. The van der Waals surface area contributed by atoms with Gasteiger partial charge in [0.25, 0.3) is 0 Å². The fourth-order valence-electron chi connectivity index (χ4n) is 2.76. The molecule has 1 aromatic heterocycles. The van der Waals surface area contributed by atoms with E-state index in [1.165, 1.54) is 0 Å². The van der Waals surface area contributed by atoms with Crippen molar-refractivity contribution in [3.63, 3.8) is 0 Å². The summed E-state index contributed by atoms with van der Waals surface area (Å²) in [7, 11) is 0. The summed E-state index contributed by atoms with van der Waals surface area (Å²) in [5, 5.41) is 3.14. The van der Waals surface area contributed by atoms with Gasteiger partial charge in [0.05, 0.1) is 24.6 Å². The van der Waals surface area contributed by atoms with Gasteiger partial charge >= 0.3 is 17.8 Å². The van der Waals surface area contributed by atoms with E-state index in [1.54, 1.807) is 23.4 Å². The van der Waals surface area contributed by atoms with Crippen LogP contribution >= 0.6 is 0 Å². The predicted octanol–water partition coefficient (Wildman–Crippen LogP) is 1.15. The van der Waals surface area contributed by atoms with Gasteiger partial charge in [-0.15, -0.1) is 0 Å². The van der Waals surface area contributed by atoms with Gasteiger partial charge in [0.1, 0.15) is 12.4 Å². The van der Waals surface area contributed by atoms with Crippen molar-refractivity contribution < 1.29 is 23.8 Å². The van der Waals surface area contributed by atoms with Crippen LogP contribution < -0.4 is 15.0 Å². The molecule has 1 fully saturated rings. The number of hydrogen-bond donors (Lipinski definition) is 1. The van der Waals surface area contributed by atoms with Crippen LogP contribution in [0.15, 0.2) is 42.8 Å². The molecule has 1 aromatic rings. The first-order valence-corrected chi connectivity index (χ1v) is 8.33. The SMILES string of the molecule is C=C(C)COc1cncc(N2CCCNCC23OC(=O)C=CC(=O)O3)c1. The quantitative estimate of drug-likeness (QED) is 0.632. The summed E-state index contributed by atoms with van der Waals surface area (Å²) in [5.41, 5.74) is 1.50. The monoisotopic (exact) mass is 359 g/mol. The van der Waals surface area contributed by atoms with Gasteiger partial charge in [0.2, 0.25) is 0 Å². The van der Waals surface area contributed by atoms with Crippen LogP contribution in [0.5, 0.6) is 5.75 Å². The summed E-state index contributed by atoms with van der Waals surface area (Å²) in [6, 6.07) is 1.77. The molecule has 0 saturated carbocycles. The molecule has 3 heterocycles. The van der Waals surface area contributed by atoms with E-state index in [0.717, 1.165) is 24.1 Å². The second-order valence-corrected chi connectivity index (χ2v) is 6.19. The van der Waals surface area contributed by atoms with Gasteiger partial charge in [-0.2, -0.15) is 0 Å². The van der Waals surface area contributed by atoms with E-state index in [-0.39, 0.29) is 6.54 Å². The summed E-state index contributed by atoms with van der Waals surface area (Å²) in [6.07, 6.45) is 6.08. The van der Waals surface area contributed by atoms with E-state index >= 15 is 0 Å². The highest BCUT2D eigenvalue weighted by Gasteiger charge is 2.47. The van der Waals surface area contributed by atoms with Crippen LogP contribution in [0.3, 0.4) is 0 Å². The molecule has 0 atom stereocenters. The molecule has 0 aromatic carbocycles. The minimum absolute atomic E-state index is 0.142. The van der Waals surface area contributed by atoms with Crippen LogP contribution in [0.25, 0.3) is 0 Å². The van der Waals surface area contributed by atoms with E-state index in [9.17, 15) is 9.59 Å². The average Bonchev–Trinajstić information content (AvgIpc) is 2.89. The molecule has 1 N–H and O–H groups in total. The number of anilines is 1. The smallest absolute Gasteiger partial charge is 0.356 e. The molecule has 26 heavy (non-hydrogen) atoms. The van der Waals surface area contributed by atoms with Crippen LogP contribution in [0.2, 0.25) is 0 Å². The highest BCUT2D eigenvalue weighted by Crippen LogP contribution is 2.31. The van der Waals surface area contributed by atoms with Gasteiger partial charge in [-0.05, 0) is 25.5 Å². The van der Waals surface area contributed by atoms with Crippen LogP contribution in [-0.2, 0) is 19.1 Å². The Morgan fingerprint density at radius 2 is 2.08 bits per heavy atom. The van der Waals surface area contributed by atoms with Gasteiger partial charge < -0.3 is 19.5 Å². The molecule has 8 nitrogen and oxygen atoms in total. The predicted molar refractivity (Wildman–Crippen MR) is 93.4 cm³/mol. The molecule has 8 heteroatoms. The van der Waals surface area contributed by atoms with Crippen molar-refractivity contribution in [2.24, 2.45) is 0 Å². The first-order chi connectivity index (χ1) is 12.5. The molecule has 2 aliphatic heterocycles. The van der Waals surface area contributed by atoms with E-state index < -0.39 is 17.8 Å². The zero-order valence-electron chi connectivity index (χ0n) is 14.6. The van der Waals surface area contributed by atoms with E-state index in [2.05, 4.69) is 16.9 Å². The summed E-state index contributed by atoms with van der Waals surface area (Å²) in [5.74, 6) is -2.33. The van der Waals surface area contributed by atoms with E-state index in [4.69, 9.17) is 14.2 Å². The van der Waals surface area contributed by atoms with Crippen LogP contribution in [0, 0.1) is 0 Å². The maximum Gasteiger partial charge on any atom is 0.356 e. The highest BCUT2D eigenvalue weighted by atomic mass is 16.8. The molecule has 1 spiro atoms. The van der Waals surface area contributed by atoms with Crippen molar-refractivity contribution >= 4 is 17.6 Å². The van der Waals surface area contributed by atoms with Gasteiger partial charge in [-0.25, -0.2) is 9.59 Å². The Kier molecular flexibility index (Phi) is 5.22. The minimum atomic E-state index is -1.58. The standard InChI is InChI=1S/C18H21N3O5/c1-13(2)11-24-15-8-14(9-20-10-15)21-7-3-6-19-12-18(21)25-16(22)4-5-17(23)26-18/h4-5,8-10,19H,1,3,6-7,11-12H2,2H3. The molecule has 1 saturated heterocycles. The highest BCUT2D eigenvalue weighted by molar-refractivity contribution is 5.93. The number of pyridine rings is 1. The van der Waals surface area contributed by atoms with Crippen LogP contribution in [0.1, 0.15) is 13.3 Å². The molecule has 0 radical (unpaired) electrons. The number of esters is 2. The van der Waals surface area contributed by atoms with Gasteiger partial charge in [0, 0.05) is 24.8 Å². The first-order valence-electron chi connectivity index (χ1n) is 8.33. The third kappa shape index (κ3) is 4.02. The number of carbonyl (C=O) groups is 2. The number of nitrogens with one attached hydrogen (secondary N) is 1. The lowest BCUT2D eigenvalue weighted by Crippen LogP contribution is -2.58. The Morgan fingerprint density at radius 3 is 2.77 bits per heavy atom. The molecule has 0 aliphatic carbocycles. The zero-order valence-corrected chi connectivity index (χ0v) is 14.6. The third-order valence-corrected chi connectivity index (χ3v) is 3.87. The fraction of sp³-hybridized carbons (Fsp3) is 0.389. The Bertz CT molecular complexity index is 726. The third-order valence-electron chi connectivity index (χ3n) is 3.87. The van der Waals surface area contributed by atoms with E-state index in [1.807, 2.05) is 6.92 Å². The molecular weight excluding hydrogens is 338 g/mol. The maximum absolute atomic E-state index is 12.0. The van der Waals surface area contributed by atoms with Crippen molar-refractivity contribution in [3.05, 3.63) is 42.8 Å². The van der Waals surface area contributed by atoms with Crippen LogP contribution in [-0.4, -0.2) is 49.1 Å². The summed E-state index contributed by atoms with van der Waals surface area (Å²) in [4.78, 5) is 29.9. The molecule has 2 aliphatic rings. The van der Waals surface area contributed by atoms with Gasteiger partial charge in [0.15, 0.2) is 0 Å². The Balaban J connectivity index is 1.94. The molecular formula is C18H21N3O5. The van der Waals surface area contributed by atoms with Crippen LogP contribution in [0.4, 0.5) is 5.69 Å². The number of carbonyl (C=O) groups excluding carboxylic acids is 2. The number of nitrogens with zero attached hydrogens (tertiary/aromatic N) is 2. The zero-order chi connectivity index (χ0) is 18.6. The van der Waals surface area contributed by atoms with Gasteiger partial charge in [-0.3, -0.25) is 9.88 Å². The Labute approximate surface area is 151 Å². The lowest BCUT2D eigenvalue weighted by Gasteiger charge is -2.40. The average molecular weight is 359 g/mol. The van der Waals surface area contributed by atoms with Gasteiger partial charge in [-0.1, -0.05) is 6.58 Å². The topological polar surface area (TPSA) is 90.0 Å². The van der Waals surface area contributed by atoms with Crippen molar-refractivity contribution in [3.8, 4) is 5.75 Å². The van der Waals surface area contributed by atoms with E-state index in [0.29, 0.717) is 31.1 Å². The normalized spacial score (nSPS) is 19.3. The second-order valence-electron chi connectivity index (χ2n) is 6.19. The summed E-state index contributed by atoms with van der Waals surface area (Å²) in [6.45, 7) is 7.37. The number of rotatable bonds is 4. The molecule has 138 valence electrons. The first kappa shape index (κ1) is 17.9. The lowest BCUT2D eigenvalue weighted by molar-refractivity contribution is -0.217. The molecule has 0 bridgehead atoms. The molecule has 3 rings (SSSR count). The number of ether oxygens (including phenoxy) is 3. The fourth-order valence-corrected chi connectivity index (χ4v) is 2.76. The minimum Gasteiger partial charge on any atom is -0.488 e. The van der Waals surface area contributed by atoms with Crippen molar-refractivity contribution in [2.45, 2.75) is 19.3 Å². The van der Waals surface area contributed by atoms with Crippen molar-refractivity contribution in [1.82, 2.24) is 10.3 Å². The van der Waals surface area contributed by atoms with Crippen molar-refractivity contribution in [1.29, 1.82) is 0 Å². The summed E-state index contributed by atoms with van der Waals surface area (Å²) >= 11 is 0. The second kappa shape index (κ2) is 7.57. The molecule has 0 amide bonds. The van der Waals surface area contributed by atoms with Crippen molar-refractivity contribution in [2.75, 3.05) is 31.1 Å².